The van der Waals surface area contributed by atoms with Gasteiger partial charge in [0.25, 0.3) is 5.91 Å². The van der Waals surface area contributed by atoms with Gasteiger partial charge in [-0.1, -0.05) is 42.5 Å². The van der Waals surface area contributed by atoms with Crippen LogP contribution in [0.2, 0.25) is 0 Å². The highest BCUT2D eigenvalue weighted by Gasteiger charge is 2.21. The third-order valence-corrected chi connectivity index (χ3v) is 5.76. The predicted molar refractivity (Wildman–Crippen MR) is 119 cm³/mol. The molecule has 4 rings (SSSR count). The first kappa shape index (κ1) is 19.3. The summed E-state index contributed by atoms with van der Waals surface area (Å²) >= 11 is 0. The Hall–Kier alpha value is -3.01. The van der Waals surface area contributed by atoms with Crippen LogP contribution in [0.3, 0.4) is 0 Å². The fourth-order valence-electron chi connectivity index (χ4n) is 4.25. The van der Waals surface area contributed by atoms with E-state index < -0.39 is 0 Å². The molecule has 0 aromatic heterocycles. The molecule has 29 heavy (non-hydrogen) atoms. The van der Waals surface area contributed by atoms with Gasteiger partial charge in [-0.15, -0.1) is 0 Å². The van der Waals surface area contributed by atoms with Crippen molar-refractivity contribution in [2.45, 2.75) is 25.7 Å². The van der Waals surface area contributed by atoms with E-state index in [9.17, 15) is 4.79 Å². The minimum Gasteiger partial charge on any atom is -0.357 e. The number of para-hydroxylation sites is 2. The van der Waals surface area contributed by atoms with E-state index >= 15 is 0 Å². The molecular formula is C25H29N3O. The highest BCUT2D eigenvalue weighted by molar-refractivity contribution is 5.93. The zero-order valence-corrected chi connectivity index (χ0v) is 17.3. The minimum absolute atomic E-state index is 0.123. The van der Waals surface area contributed by atoms with Crippen LogP contribution in [0.25, 0.3) is 0 Å². The number of aryl methyl sites for hydroxylation is 2. The lowest BCUT2D eigenvalue weighted by Gasteiger charge is -2.28. The summed E-state index contributed by atoms with van der Waals surface area (Å²) in [6.45, 7) is 1.63. The normalized spacial score (nSPS) is 15.3. The van der Waals surface area contributed by atoms with Gasteiger partial charge in [0.15, 0.2) is 0 Å². The van der Waals surface area contributed by atoms with Crippen LogP contribution < -0.4 is 4.90 Å². The number of allylic oxidation sites excluding steroid dienone is 1. The first-order chi connectivity index (χ1) is 14.1. The van der Waals surface area contributed by atoms with Crippen LogP contribution in [-0.4, -0.2) is 42.9 Å². The van der Waals surface area contributed by atoms with Gasteiger partial charge in [0, 0.05) is 50.3 Å². The number of fused-ring (bicyclic) bond motifs is 2. The second kappa shape index (κ2) is 8.56. The van der Waals surface area contributed by atoms with Gasteiger partial charge in [-0.2, -0.15) is 0 Å². The van der Waals surface area contributed by atoms with Crippen molar-refractivity contribution in [2.75, 3.05) is 32.1 Å². The van der Waals surface area contributed by atoms with Crippen molar-refractivity contribution in [1.29, 1.82) is 0 Å². The van der Waals surface area contributed by atoms with Gasteiger partial charge in [0.05, 0.1) is 0 Å². The van der Waals surface area contributed by atoms with E-state index in [4.69, 9.17) is 0 Å². The standard InChI is InChI=1S/C25H29N3O/c1-26-16-7-11-22(19-26)25(29)27(2)17-8-18-28-23-12-5-3-9-20(23)14-15-21-10-4-6-13-24(21)28/h3-7,9-10,12-13,16,19H,8,11,14-15,17-18H2,1-2H3. The van der Waals surface area contributed by atoms with E-state index in [0.29, 0.717) is 6.42 Å². The van der Waals surface area contributed by atoms with Crippen molar-refractivity contribution < 1.29 is 4.79 Å². The van der Waals surface area contributed by atoms with E-state index in [0.717, 1.165) is 37.9 Å². The summed E-state index contributed by atoms with van der Waals surface area (Å²) in [6, 6.07) is 17.4. The Morgan fingerprint density at radius 1 is 1.00 bits per heavy atom. The lowest BCUT2D eigenvalue weighted by atomic mass is 10.0. The monoisotopic (exact) mass is 387 g/mol. The summed E-state index contributed by atoms with van der Waals surface area (Å²) in [5.41, 5.74) is 6.25. The topological polar surface area (TPSA) is 26.8 Å². The van der Waals surface area contributed by atoms with Crippen LogP contribution >= 0.6 is 0 Å². The molecule has 2 aliphatic heterocycles. The highest BCUT2D eigenvalue weighted by atomic mass is 16.2. The number of hydrogen-bond acceptors (Lipinski definition) is 3. The van der Waals surface area contributed by atoms with E-state index in [1.165, 1.54) is 22.5 Å². The molecular weight excluding hydrogens is 358 g/mol. The van der Waals surface area contributed by atoms with Gasteiger partial charge in [-0.25, -0.2) is 0 Å². The molecule has 0 unspecified atom stereocenters. The molecule has 150 valence electrons. The summed E-state index contributed by atoms with van der Waals surface area (Å²) in [6.07, 6.45) is 9.72. The maximum Gasteiger partial charge on any atom is 0.251 e. The summed E-state index contributed by atoms with van der Waals surface area (Å²) in [5.74, 6) is 0.123. The Balaban J connectivity index is 1.46. The van der Waals surface area contributed by atoms with Crippen LogP contribution in [0.15, 0.2) is 72.6 Å². The fourth-order valence-corrected chi connectivity index (χ4v) is 4.25. The van der Waals surface area contributed by atoms with E-state index in [-0.39, 0.29) is 5.91 Å². The molecule has 0 N–H and O–H groups in total. The third-order valence-electron chi connectivity index (χ3n) is 5.76. The quantitative estimate of drug-likeness (QED) is 0.755. The Morgan fingerprint density at radius 2 is 1.62 bits per heavy atom. The third kappa shape index (κ3) is 4.21. The highest BCUT2D eigenvalue weighted by Crippen LogP contribution is 2.35. The van der Waals surface area contributed by atoms with E-state index in [1.54, 1.807) is 0 Å². The Kier molecular flexibility index (Phi) is 5.70. The Bertz CT molecular complexity index is 899. The number of benzene rings is 2. The number of hydrogen-bond donors (Lipinski definition) is 0. The molecule has 0 radical (unpaired) electrons. The van der Waals surface area contributed by atoms with Gasteiger partial charge >= 0.3 is 0 Å². The molecule has 2 aromatic carbocycles. The molecule has 2 aromatic rings. The maximum atomic E-state index is 12.8. The van der Waals surface area contributed by atoms with Crippen LogP contribution in [0.1, 0.15) is 24.0 Å². The zero-order chi connectivity index (χ0) is 20.2. The molecule has 0 saturated carbocycles. The number of carbonyl (C=O) groups is 1. The van der Waals surface area contributed by atoms with Crippen molar-refractivity contribution in [3.63, 3.8) is 0 Å². The molecule has 1 amide bonds. The molecule has 4 nitrogen and oxygen atoms in total. The first-order valence-corrected chi connectivity index (χ1v) is 10.4. The van der Waals surface area contributed by atoms with Gasteiger partial charge in [-0.3, -0.25) is 4.79 Å². The molecule has 0 aliphatic carbocycles. The Morgan fingerprint density at radius 3 is 2.24 bits per heavy atom. The summed E-state index contributed by atoms with van der Waals surface area (Å²) in [4.78, 5) is 19.0. The number of amides is 1. The largest absolute Gasteiger partial charge is 0.357 e. The van der Waals surface area contributed by atoms with Gasteiger partial charge in [-0.05, 0) is 55.1 Å². The average Bonchev–Trinajstić information content (AvgIpc) is 2.90. The lowest BCUT2D eigenvalue weighted by molar-refractivity contribution is -0.126. The number of anilines is 2. The fraction of sp³-hybridized carbons (Fsp3) is 0.320. The molecule has 2 aliphatic rings. The van der Waals surface area contributed by atoms with Crippen LogP contribution in [-0.2, 0) is 17.6 Å². The van der Waals surface area contributed by atoms with Gasteiger partial charge in [0.2, 0.25) is 0 Å². The zero-order valence-electron chi connectivity index (χ0n) is 17.3. The van der Waals surface area contributed by atoms with Gasteiger partial charge in [0.1, 0.15) is 0 Å². The molecule has 2 heterocycles. The molecule has 0 bridgehead atoms. The van der Waals surface area contributed by atoms with Crippen molar-refractivity contribution in [3.05, 3.63) is 83.7 Å². The van der Waals surface area contributed by atoms with E-state index in [1.807, 2.05) is 42.4 Å². The van der Waals surface area contributed by atoms with E-state index in [2.05, 4.69) is 53.4 Å². The van der Waals surface area contributed by atoms with Crippen molar-refractivity contribution in [1.82, 2.24) is 9.80 Å². The number of likely N-dealkylation sites (N-methyl/N-ethyl adjacent to an activating group) is 1. The molecule has 4 heteroatoms. The molecule has 0 saturated heterocycles. The predicted octanol–water partition coefficient (Wildman–Crippen LogP) is 4.50. The van der Waals surface area contributed by atoms with Crippen LogP contribution in [0.5, 0.6) is 0 Å². The first-order valence-electron chi connectivity index (χ1n) is 10.4. The summed E-state index contributed by atoms with van der Waals surface area (Å²) in [5, 5.41) is 0. The van der Waals surface area contributed by atoms with Crippen molar-refractivity contribution >= 4 is 17.3 Å². The number of nitrogens with zero attached hydrogens (tertiary/aromatic N) is 3. The van der Waals surface area contributed by atoms with Gasteiger partial charge < -0.3 is 14.7 Å². The molecule has 0 atom stereocenters. The number of carbonyl (C=O) groups excluding carboxylic acids is 1. The average molecular weight is 388 g/mol. The lowest BCUT2D eigenvalue weighted by Crippen LogP contribution is -2.32. The second-order valence-electron chi connectivity index (χ2n) is 7.90. The maximum absolute atomic E-state index is 12.8. The minimum atomic E-state index is 0.123. The van der Waals surface area contributed by atoms with Crippen LogP contribution in [0.4, 0.5) is 11.4 Å². The Labute approximate surface area is 173 Å². The SMILES string of the molecule is CN1C=CCC(C(=O)N(C)CCCN2c3ccccc3CCc3ccccc32)=C1. The summed E-state index contributed by atoms with van der Waals surface area (Å²) in [7, 11) is 3.86. The summed E-state index contributed by atoms with van der Waals surface area (Å²) < 4.78 is 0. The molecule has 0 fully saturated rings. The van der Waals surface area contributed by atoms with Crippen molar-refractivity contribution in [3.8, 4) is 0 Å². The molecule has 0 spiro atoms. The second-order valence-corrected chi connectivity index (χ2v) is 7.90. The number of rotatable bonds is 5. The smallest absolute Gasteiger partial charge is 0.251 e. The van der Waals surface area contributed by atoms with Crippen LogP contribution in [0, 0.1) is 0 Å². The van der Waals surface area contributed by atoms with Crippen molar-refractivity contribution in [2.24, 2.45) is 0 Å².